The van der Waals surface area contributed by atoms with Crippen molar-refractivity contribution < 1.29 is 4.79 Å². The van der Waals surface area contributed by atoms with Crippen LogP contribution in [0.15, 0.2) is 60.7 Å². The zero-order valence-electron chi connectivity index (χ0n) is 19.4. The van der Waals surface area contributed by atoms with Crippen LogP contribution >= 0.6 is 22.7 Å². The van der Waals surface area contributed by atoms with E-state index >= 15 is 0 Å². The Bertz CT molecular complexity index is 1490. The number of hydrogen-bond donors (Lipinski definition) is 1. The SMILES string of the molecule is Cc1ccc(-c2nc(CC(=O)Cc3ccc4nc(N)sc4c3)sc2-c2cc(C)cc(C)c2)cc1. The second-order valence-electron chi connectivity index (χ2n) is 8.77. The van der Waals surface area contributed by atoms with Gasteiger partial charge >= 0.3 is 0 Å². The van der Waals surface area contributed by atoms with Crippen molar-refractivity contribution in [1.82, 2.24) is 9.97 Å². The van der Waals surface area contributed by atoms with Crippen LogP contribution in [0, 0.1) is 20.8 Å². The standard InChI is InChI=1S/C28H25N3OS2/c1-16-4-7-20(8-5-16)26-27(21-11-17(2)10-18(3)12-21)34-25(31-26)15-22(32)13-19-6-9-23-24(14-19)33-28(29)30-23/h4-12,14H,13,15H2,1-3H3,(H2,29,30). The Morgan fingerprint density at radius 1 is 0.794 bits per heavy atom. The maximum absolute atomic E-state index is 13.0. The van der Waals surface area contributed by atoms with Crippen LogP contribution in [0.2, 0.25) is 0 Å². The Morgan fingerprint density at radius 3 is 2.26 bits per heavy atom. The second kappa shape index (κ2) is 9.12. The molecule has 0 spiro atoms. The highest BCUT2D eigenvalue weighted by molar-refractivity contribution is 7.22. The average molecular weight is 484 g/mol. The molecule has 2 aromatic heterocycles. The number of nitrogens with two attached hydrogens (primary N) is 1. The molecule has 5 aromatic rings. The summed E-state index contributed by atoms with van der Waals surface area (Å²) in [6.07, 6.45) is 0.684. The van der Waals surface area contributed by atoms with Gasteiger partial charge in [0.15, 0.2) is 5.13 Å². The van der Waals surface area contributed by atoms with E-state index in [1.807, 2.05) is 18.2 Å². The maximum Gasteiger partial charge on any atom is 0.181 e. The molecule has 0 aliphatic rings. The Hall–Kier alpha value is -3.35. The van der Waals surface area contributed by atoms with Crippen molar-refractivity contribution in [3.63, 3.8) is 0 Å². The zero-order valence-corrected chi connectivity index (χ0v) is 21.0. The van der Waals surface area contributed by atoms with E-state index in [0.29, 0.717) is 18.0 Å². The first-order valence-corrected chi connectivity index (χ1v) is 12.8. The average Bonchev–Trinajstić information content (AvgIpc) is 3.36. The third kappa shape index (κ3) is 4.79. The van der Waals surface area contributed by atoms with E-state index in [-0.39, 0.29) is 5.78 Å². The van der Waals surface area contributed by atoms with Crippen molar-refractivity contribution in [3.05, 3.63) is 87.9 Å². The topological polar surface area (TPSA) is 68.9 Å². The largest absolute Gasteiger partial charge is 0.375 e. The van der Waals surface area contributed by atoms with Gasteiger partial charge in [-0.3, -0.25) is 4.79 Å². The summed E-state index contributed by atoms with van der Waals surface area (Å²) in [7, 11) is 0. The lowest BCUT2D eigenvalue weighted by molar-refractivity contribution is -0.117. The number of carbonyl (C=O) groups excluding carboxylic acids is 1. The van der Waals surface area contributed by atoms with Gasteiger partial charge in [0.2, 0.25) is 0 Å². The molecule has 0 aliphatic carbocycles. The van der Waals surface area contributed by atoms with Gasteiger partial charge in [0, 0.05) is 12.0 Å². The normalized spacial score (nSPS) is 11.3. The van der Waals surface area contributed by atoms with E-state index in [4.69, 9.17) is 10.7 Å². The fourth-order valence-electron chi connectivity index (χ4n) is 4.20. The Balaban J connectivity index is 1.46. The number of Topliss-reactive ketones (excluding diaryl/α,β-unsaturated/α-hetero) is 1. The summed E-state index contributed by atoms with van der Waals surface area (Å²) in [6.45, 7) is 6.31. The predicted molar refractivity (Wildman–Crippen MR) is 144 cm³/mol. The number of benzene rings is 3. The van der Waals surface area contributed by atoms with E-state index < -0.39 is 0 Å². The number of nitrogen functional groups attached to an aromatic ring is 1. The number of carbonyl (C=O) groups is 1. The summed E-state index contributed by atoms with van der Waals surface area (Å²) in [4.78, 5) is 23.4. The fraction of sp³-hybridized carbons (Fsp3) is 0.179. The van der Waals surface area contributed by atoms with Crippen LogP contribution < -0.4 is 5.73 Å². The van der Waals surface area contributed by atoms with E-state index in [0.717, 1.165) is 42.5 Å². The lowest BCUT2D eigenvalue weighted by atomic mass is 10.0. The summed E-state index contributed by atoms with van der Waals surface area (Å²) in [5.41, 5.74) is 14.5. The summed E-state index contributed by atoms with van der Waals surface area (Å²) >= 11 is 3.06. The van der Waals surface area contributed by atoms with Gasteiger partial charge in [-0.25, -0.2) is 9.97 Å². The minimum Gasteiger partial charge on any atom is -0.375 e. The molecule has 3 aromatic carbocycles. The quantitative estimate of drug-likeness (QED) is 0.284. The van der Waals surface area contributed by atoms with E-state index in [9.17, 15) is 4.79 Å². The number of nitrogens with zero attached hydrogens (tertiary/aromatic N) is 2. The van der Waals surface area contributed by atoms with Crippen molar-refractivity contribution in [1.29, 1.82) is 0 Å². The molecule has 6 heteroatoms. The van der Waals surface area contributed by atoms with Crippen LogP contribution in [0.4, 0.5) is 5.13 Å². The molecule has 0 fully saturated rings. The molecule has 5 rings (SSSR count). The van der Waals surface area contributed by atoms with Crippen molar-refractivity contribution in [2.75, 3.05) is 5.73 Å². The summed E-state index contributed by atoms with van der Waals surface area (Å²) in [5, 5.41) is 1.39. The van der Waals surface area contributed by atoms with E-state index in [2.05, 4.69) is 68.2 Å². The Morgan fingerprint density at radius 2 is 1.53 bits per heavy atom. The van der Waals surface area contributed by atoms with Crippen LogP contribution in [0.25, 0.3) is 31.9 Å². The van der Waals surface area contributed by atoms with Gasteiger partial charge in [0.05, 0.1) is 27.2 Å². The number of ketones is 1. The highest BCUT2D eigenvalue weighted by atomic mass is 32.1. The molecule has 0 atom stereocenters. The minimum absolute atomic E-state index is 0.146. The Kier molecular flexibility index (Phi) is 6.02. The summed E-state index contributed by atoms with van der Waals surface area (Å²) in [6, 6.07) is 20.9. The first kappa shape index (κ1) is 22.4. The molecule has 34 heavy (non-hydrogen) atoms. The predicted octanol–water partition coefficient (Wildman–Crippen LogP) is 6.95. The lowest BCUT2D eigenvalue weighted by Crippen LogP contribution is -2.06. The maximum atomic E-state index is 13.0. The number of hydrogen-bond acceptors (Lipinski definition) is 6. The summed E-state index contributed by atoms with van der Waals surface area (Å²) in [5.74, 6) is 0.146. The number of aryl methyl sites for hydroxylation is 3. The molecular formula is C28H25N3OS2. The number of fused-ring (bicyclic) bond motifs is 1. The summed E-state index contributed by atoms with van der Waals surface area (Å²) < 4.78 is 1.01. The monoisotopic (exact) mass is 483 g/mol. The molecule has 2 N–H and O–H groups in total. The number of anilines is 1. The van der Waals surface area contributed by atoms with Crippen molar-refractivity contribution in [2.45, 2.75) is 33.6 Å². The number of thiazole rings is 2. The van der Waals surface area contributed by atoms with Crippen molar-refractivity contribution >= 4 is 43.8 Å². The first-order chi connectivity index (χ1) is 16.3. The molecule has 0 amide bonds. The smallest absolute Gasteiger partial charge is 0.181 e. The Labute approximate surface area is 207 Å². The molecule has 170 valence electrons. The fourth-order valence-corrected chi connectivity index (χ4v) is 6.10. The van der Waals surface area contributed by atoms with Crippen LogP contribution in [0.3, 0.4) is 0 Å². The molecule has 0 aliphatic heterocycles. The minimum atomic E-state index is 0.146. The van der Waals surface area contributed by atoms with Crippen LogP contribution in [-0.4, -0.2) is 15.8 Å². The molecular weight excluding hydrogens is 458 g/mol. The van der Waals surface area contributed by atoms with E-state index in [1.165, 1.54) is 28.0 Å². The second-order valence-corrected chi connectivity index (χ2v) is 10.9. The van der Waals surface area contributed by atoms with Gasteiger partial charge in [0.25, 0.3) is 0 Å². The molecule has 0 radical (unpaired) electrons. The molecule has 0 bridgehead atoms. The van der Waals surface area contributed by atoms with Crippen molar-refractivity contribution in [2.24, 2.45) is 0 Å². The molecule has 0 unspecified atom stereocenters. The van der Waals surface area contributed by atoms with Crippen LogP contribution in [0.1, 0.15) is 27.3 Å². The van der Waals surface area contributed by atoms with Gasteiger partial charge < -0.3 is 5.73 Å². The lowest BCUT2D eigenvalue weighted by Gasteiger charge is -2.06. The number of aromatic nitrogens is 2. The highest BCUT2D eigenvalue weighted by Crippen LogP contribution is 2.38. The van der Waals surface area contributed by atoms with Crippen LogP contribution in [0.5, 0.6) is 0 Å². The molecule has 4 nitrogen and oxygen atoms in total. The third-order valence-corrected chi connectivity index (χ3v) is 7.65. The molecule has 0 saturated heterocycles. The molecule has 2 heterocycles. The van der Waals surface area contributed by atoms with Gasteiger partial charge in [0.1, 0.15) is 10.8 Å². The zero-order chi connectivity index (χ0) is 23.8. The first-order valence-electron chi connectivity index (χ1n) is 11.2. The van der Waals surface area contributed by atoms with Gasteiger partial charge in [-0.05, 0) is 44.0 Å². The van der Waals surface area contributed by atoms with Gasteiger partial charge in [-0.2, -0.15) is 0 Å². The van der Waals surface area contributed by atoms with Crippen molar-refractivity contribution in [3.8, 4) is 21.7 Å². The van der Waals surface area contributed by atoms with Gasteiger partial charge in [-0.15, -0.1) is 11.3 Å². The third-order valence-electron chi connectivity index (χ3n) is 5.70. The number of rotatable bonds is 6. The van der Waals surface area contributed by atoms with E-state index in [1.54, 1.807) is 11.3 Å². The highest BCUT2D eigenvalue weighted by Gasteiger charge is 2.18. The van der Waals surface area contributed by atoms with Gasteiger partial charge in [-0.1, -0.05) is 76.6 Å². The van der Waals surface area contributed by atoms with Crippen LogP contribution in [-0.2, 0) is 17.6 Å². The molecule has 0 saturated carbocycles.